The Morgan fingerprint density at radius 1 is 0.857 bits per heavy atom. The van der Waals surface area contributed by atoms with Crippen LogP contribution in [-0.4, -0.2) is 41.4 Å². The fraction of sp³-hybridized carbons (Fsp3) is 0.269. The molecule has 0 unspecified atom stereocenters. The number of nitrogens with zero attached hydrogens (tertiary/aromatic N) is 1. The zero-order valence-electron chi connectivity index (χ0n) is 18.7. The highest BCUT2D eigenvalue weighted by Crippen LogP contribution is 2.31. The molecule has 0 aromatic heterocycles. The fourth-order valence-corrected chi connectivity index (χ4v) is 4.03. The molecule has 4 atom stereocenters. The van der Waals surface area contributed by atoms with Crippen LogP contribution in [0.25, 0.3) is 0 Å². The number of carbonyl (C=O) groups excluding carboxylic acids is 1. The Morgan fingerprint density at radius 3 is 1.94 bits per heavy atom. The number of nitro benzene ring substituents is 1. The van der Waals surface area contributed by atoms with Crippen molar-refractivity contribution < 1.29 is 28.7 Å². The number of ether oxygens (including phenoxy) is 4. The topological polar surface area (TPSA) is 97.1 Å². The minimum absolute atomic E-state index is 0.113. The van der Waals surface area contributed by atoms with Gasteiger partial charge in [-0.05, 0) is 23.3 Å². The van der Waals surface area contributed by atoms with E-state index < -0.39 is 34.8 Å². The number of carbonyl (C=O) groups is 1. The first-order valence-corrected chi connectivity index (χ1v) is 11.5. The SMILES string of the molecule is O=C(OC[C@H]1O[C@H](Cl)[C@@H](OCc2ccccc2)[C@@H]1OCc1ccccc1)c1ccc([N+](=O)[O-])cc1. The molecule has 0 radical (unpaired) electrons. The molecule has 0 amide bonds. The van der Waals surface area contributed by atoms with Gasteiger partial charge in [0.1, 0.15) is 24.9 Å². The molecule has 3 aromatic rings. The van der Waals surface area contributed by atoms with Crippen molar-refractivity contribution in [2.75, 3.05) is 6.61 Å². The Bertz CT molecular complexity index is 1110. The highest BCUT2D eigenvalue weighted by molar-refractivity contribution is 6.20. The van der Waals surface area contributed by atoms with Gasteiger partial charge >= 0.3 is 5.97 Å². The second kappa shape index (κ2) is 11.9. The number of benzene rings is 3. The van der Waals surface area contributed by atoms with Crippen molar-refractivity contribution in [2.45, 2.75) is 37.1 Å². The molecule has 1 fully saturated rings. The number of rotatable bonds is 10. The lowest BCUT2D eigenvalue weighted by Gasteiger charge is -2.24. The second-order valence-electron chi connectivity index (χ2n) is 7.95. The molecular weight excluding hydrogens is 474 g/mol. The Labute approximate surface area is 207 Å². The van der Waals surface area contributed by atoms with E-state index >= 15 is 0 Å². The third-order valence-electron chi connectivity index (χ3n) is 5.52. The zero-order chi connectivity index (χ0) is 24.6. The predicted molar refractivity (Wildman–Crippen MR) is 128 cm³/mol. The van der Waals surface area contributed by atoms with E-state index in [1.165, 1.54) is 24.3 Å². The van der Waals surface area contributed by atoms with Crippen molar-refractivity contribution in [1.82, 2.24) is 0 Å². The van der Waals surface area contributed by atoms with Gasteiger partial charge in [0, 0.05) is 12.1 Å². The molecule has 182 valence electrons. The van der Waals surface area contributed by atoms with Gasteiger partial charge < -0.3 is 18.9 Å². The monoisotopic (exact) mass is 497 g/mol. The van der Waals surface area contributed by atoms with Gasteiger partial charge in [0.05, 0.1) is 23.7 Å². The summed E-state index contributed by atoms with van der Waals surface area (Å²) in [5, 5.41) is 10.8. The molecule has 0 N–H and O–H groups in total. The first-order chi connectivity index (χ1) is 17.0. The molecule has 1 aliphatic heterocycles. The van der Waals surface area contributed by atoms with Crippen LogP contribution in [0.4, 0.5) is 5.69 Å². The molecule has 1 aliphatic rings. The number of alkyl halides is 1. The molecule has 1 heterocycles. The summed E-state index contributed by atoms with van der Waals surface area (Å²) in [5.74, 6) is -0.634. The third-order valence-corrected chi connectivity index (χ3v) is 5.87. The van der Waals surface area contributed by atoms with Crippen LogP contribution in [0.3, 0.4) is 0 Å². The molecule has 0 saturated carbocycles. The summed E-state index contributed by atoms with van der Waals surface area (Å²) in [7, 11) is 0. The summed E-state index contributed by atoms with van der Waals surface area (Å²) in [5.41, 5.74) is 1.22. The van der Waals surface area contributed by atoms with Gasteiger partial charge in [-0.2, -0.15) is 0 Å². The van der Waals surface area contributed by atoms with Gasteiger partial charge in [0.15, 0.2) is 5.56 Å². The van der Waals surface area contributed by atoms with Gasteiger partial charge in [0.2, 0.25) is 0 Å². The molecule has 9 heteroatoms. The Morgan fingerprint density at radius 2 is 1.40 bits per heavy atom. The van der Waals surface area contributed by atoms with Crippen LogP contribution in [0, 0.1) is 10.1 Å². The van der Waals surface area contributed by atoms with Gasteiger partial charge in [-0.25, -0.2) is 4.79 Å². The summed E-state index contributed by atoms with van der Waals surface area (Å²) in [6, 6.07) is 24.5. The van der Waals surface area contributed by atoms with E-state index in [9.17, 15) is 14.9 Å². The highest BCUT2D eigenvalue weighted by Gasteiger charge is 2.46. The fourth-order valence-electron chi connectivity index (χ4n) is 3.68. The highest BCUT2D eigenvalue weighted by atomic mass is 35.5. The summed E-state index contributed by atoms with van der Waals surface area (Å²) in [6.07, 6.45) is -1.85. The Kier molecular flexibility index (Phi) is 8.44. The average molecular weight is 498 g/mol. The van der Waals surface area contributed by atoms with E-state index in [0.29, 0.717) is 13.2 Å². The smallest absolute Gasteiger partial charge is 0.338 e. The lowest BCUT2D eigenvalue weighted by Crippen LogP contribution is -2.38. The van der Waals surface area contributed by atoms with Crippen molar-refractivity contribution in [3.05, 3.63) is 112 Å². The zero-order valence-corrected chi connectivity index (χ0v) is 19.5. The van der Waals surface area contributed by atoms with Crippen LogP contribution in [0.2, 0.25) is 0 Å². The first kappa shape index (κ1) is 24.8. The standard InChI is InChI=1S/C26H24ClNO7/c27-25-24(33-16-19-9-5-2-6-10-19)23(32-15-18-7-3-1-4-8-18)22(35-25)17-34-26(29)20-11-13-21(14-12-20)28(30)31/h1-14,22-25H,15-17H2/t22-,23-,24+,25+/m1/s1. The normalized spacial score (nSPS) is 21.5. The maximum atomic E-state index is 12.5. The first-order valence-electron chi connectivity index (χ1n) is 11.0. The van der Waals surface area contributed by atoms with E-state index in [2.05, 4.69) is 0 Å². The predicted octanol–water partition coefficient (Wildman–Crippen LogP) is 4.89. The number of hydrogen-bond donors (Lipinski definition) is 0. The van der Waals surface area contributed by atoms with E-state index in [4.69, 9.17) is 30.5 Å². The Balaban J connectivity index is 1.42. The maximum absolute atomic E-state index is 12.5. The molecule has 35 heavy (non-hydrogen) atoms. The van der Waals surface area contributed by atoms with Crippen LogP contribution in [0.15, 0.2) is 84.9 Å². The minimum Gasteiger partial charge on any atom is -0.459 e. The quantitative estimate of drug-likeness (QED) is 0.170. The van der Waals surface area contributed by atoms with Crippen molar-refractivity contribution in [1.29, 1.82) is 0 Å². The van der Waals surface area contributed by atoms with Crippen LogP contribution >= 0.6 is 11.6 Å². The van der Waals surface area contributed by atoms with E-state index in [1.807, 2.05) is 60.7 Å². The van der Waals surface area contributed by atoms with Gasteiger partial charge in [0.25, 0.3) is 5.69 Å². The maximum Gasteiger partial charge on any atom is 0.338 e. The number of non-ortho nitro benzene ring substituents is 1. The average Bonchev–Trinajstić information content (AvgIpc) is 3.19. The third kappa shape index (κ3) is 6.64. The lowest BCUT2D eigenvalue weighted by atomic mass is 10.1. The summed E-state index contributed by atoms with van der Waals surface area (Å²) < 4.78 is 23.5. The summed E-state index contributed by atoms with van der Waals surface area (Å²) in [6.45, 7) is 0.499. The van der Waals surface area contributed by atoms with E-state index in [0.717, 1.165) is 11.1 Å². The number of halogens is 1. The van der Waals surface area contributed by atoms with Crippen LogP contribution < -0.4 is 0 Å². The van der Waals surface area contributed by atoms with Crippen LogP contribution in [0.1, 0.15) is 21.5 Å². The van der Waals surface area contributed by atoms with E-state index in [-0.39, 0.29) is 17.9 Å². The van der Waals surface area contributed by atoms with Gasteiger partial charge in [-0.1, -0.05) is 72.3 Å². The number of hydrogen-bond acceptors (Lipinski definition) is 7. The second-order valence-corrected chi connectivity index (χ2v) is 8.38. The van der Waals surface area contributed by atoms with Crippen LogP contribution in [0.5, 0.6) is 0 Å². The molecule has 3 aromatic carbocycles. The van der Waals surface area contributed by atoms with Crippen molar-refractivity contribution in [2.24, 2.45) is 0 Å². The van der Waals surface area contributed by atoms with Crippen molar-refractivity contribution in [3.63, 3.8) is 0 Å². The lowest BCUT2D eigenvalue weighted by molar-refractivity contribution is -0.384. The largest absolute Gasteiger partial charge is 0.459 e. The summed E-state index contributed by atoms with van der Waals surface area (Å²) >= 11 is 6.46. The van der Waals surface area contributed by atoms with Gasteiger partial charge in [-0.3, -0.25) is 10.1 Å². The summed E-state index contributed by atoms with van der Waals surface area (Å²) in [4.78, 5) is 22.8. The van der Waals surface area contributed by atoms with E-state index in [1.54, 1.807) is 0 Å². The molecule has 0 spiro atoms. The molecule has 4 rings (SSSR count). The molecular formula is C26H24ClNO7. The molecule has 1 saturated heterocycles. The van der Waals surface area contributed by atoms with Crippen LogP contribution in [-0.2, 0) is 32.2 Å². The molecule has 0 bridgehead atoms. The Hall–Kier alpha value is -3.30. The number of esters is 1. The van der Waals surface area contributed by atoms with Gasteiger partial charge in [-0.15, -0.1) is 0 Å². The molecule has 8 nitrogen and oxygen atoms in total. The van der Waals surface area contributed by atoms with Crippen molar-refractivity contribution >= 4 is 23.3 Å². The molecule has 0 aliphatic carbocycles. The van der Waals surface area contributed by atoms with Crippen molar-refractivity contribution in [3.8, 4) is 0 Å². The number of nitro groups is 1. The minimum atomic E-state index is -0.803.